The lowest BCUT2D eigenvalue weighted by molar-refractivity contribution is -0.384. The van der Waals surface area contributed by atoms with Crippen LogP contribution < -0.4 is 15.4 Å². The number of carbonyl (C=O) groups excluding carboxylic acids is 3. The lowest BCUT2D eigenvalue weighted by atomic mass is 10.1. The van der Waals surface area contributed by atoms with E-state index in [0.29, 0.717) is 16.8 Å². The smallest absolute Gasteiger partial charge is 0.329 e. The minimum atomic E-state index is -0.735. The molecule has 0 aliphatic carbocycles. The molecule has 12 heteroatoms. The number of ether oxygens (including phenoxy) is 1. The molecular weight excluding hydrogens is 535 g/mol. The number of amides is 4. The fraction of sp³-hybridized carbons (Fsp3) is 0.115. The number of non-ortho nitro benzene ring substituents is 1. The van der Waals surface area contributed by atoms with Gasteiger partial charge in [0.2, 0.25) is 5.91 Å². The Bertz CT molecular complexity index is 1450. The third kappa shape index (κ3) is 6.28. The van der Waals surface area contributed by atoms with Crippen molar-refractivity contribution in [2.45, 2.75) is 13.5 Å². The highest BCUT2D eigenvalue weighted by Crippen LogP contribution is 2.35. The number of hydrogen-bond donors (Lipinski definition) is 2. The average Bonchev–Trinajstić information content (AvgIpc) is 3.11. The molecule has 4 amide bonds. The molecule has 0 bridgehead atoms. The normalized spacial score (nSPS) is 14.0. The summed E-state index contributed by atoms with van der Waals surface area (Å²) < 4.78 is 5.69. The van der Waals surface area contributed by atoms with E-state index in [1.165, 1.54) is 30.3 Å². The van der Waals surface area contributed by atoms with Crippen molar-refractivity contribution in [2.75, 3.05) is 11.9 Å². The predicted octanol–water partition coefficient (Wildman–Crippen LogP) is 5.32. The predicted molar refractivity (Wildman–Crippen MR) is 142 cm³/mol. The summed E-state index contributed by atoms with van der Waals surface area (Å²) in [6, 6.07) is 15.2. The molecule has 3 aromatic rings. The number of benzene rings is 3. The van der Waals surface area contributed by atoms with E-state index in [1.807, 2.05) is 13.0 Å². The van der Waals surface area contributed by atoms with Crippen LogP contribution >= 0.6 is 23.2 Å². The molecule has 4 rings (SSSR count). The Kier molecular flexibility index (Phi) is 7.94. The molecular formula is C26H20Cl2N4O6. The van der Waals surface area contributed by atoms with Crippen LogP contribution in [0.15, 0.2) is 66.4 Å². The Balaban J connectivity index is 1.42. The Labute approximate surface area is 226 Å². The summed E-state index contributed by atoms with van der Waals surface area (Å²) in [7, 11) is 0. The number of anilines is 1. The minimum absolute atomic E-state index is 0.0405. The standard InChI is InChI=1S/C26H20Cl2N4O6/c1-15-3-2-4-18(9-15)29-23(33)13-31-25(34)22(30-26(31)35)12-17-10-20(27)24(21(28)11-17)38-14-16-5-7-19(8-6-16)32(36)37/h2-12H,13-14H2,1H3,(H,29,33)(H,30,35)/b22-12+. The molecule has 1 aliphatic heterocycles. The van der Waals surface area contributed by atoms with Gasteiger partial charge >= 0.3 is 6.03 Å². The summed E-state index contributed by atoms with van der Waals surface area (Å²) >= 11 is 12.7. The van der Waals surface area contributed by atoms with Crippen LogP contribution in [0, 0.1) is 17.0 Å². The van der Waals surface area contributed by atoms with Crippen LogP contribution in [-0.2, 0) is 16.2 Å². The van der Waals surface area contributed by atoms with E-state index in [-0.39, 0.29) is 33.8 Å². The monoisotopic (exact) mass is 554 g/mol. The van der Waals surface area contributed by atoms with Crippen LogP contribution in [0.4, 0.5) is 16.2 Å². The summed E-state index contributed by atoms with van der Waals surface area (Å²) in [5, 5.41) is 16.2. The van der Waals surface area contributed by atoms with Crippen LogP contribution in [0.25, 0.3) is 6.08 Å². The minimum Gasteiger partial charge on any atom is -0.486 e. The summed E-state index contributed by atoms with van der Waals surface area (Å²) in [4.78, 5) is 48.6. The quantitative estimate of drug-likeness (QED) is 0.167. The number of rotatable bonds is 8. The summed E-state index contributed by atoms with van der Waals surface area (Å²) in [6.07, 6.45) is 1.39. The highest BCUT2D eigenvalue weighted by Gasteiger charge is 2.35. The van der Waals surface area contributed by atoms with E-state index < -0.39 is 29.3 Å². The molecule has 38 heavy (non-hydrogen) atoms. The third-order valence-electron chi connectivity index (χ3n) is 5.43. The molecule has 0 aromatic heterocycles. The molecule has 194 valence electrons. The highest BCUT2D eigenvalue weighted by molar-refractivity contribution is 6.37. The first-order valence-corrected chi connectivity index (χ1v) is 11.9. The van der Waals surface area contributed by atoms with Gasteiger partial charge in [0.15, 0.2) is 5.75 Å². The van der Waals surface area contributed by atoms with Crippen LogP contribution in [0.2, 0.25) is 10.0 Å². The third-order valence-corrected chi connectivity index (χ3v) is 5.99. The van der Waals surface area contributed by atoms with Gasteiger partial charge in [-0.1, -0.05) is 35.3 Å². The summed E-state index contributed by atoms with van der Waals surface area (Å²) in [6.45, 7) is 1.47. The fourth-order valence-corrected chi connectivity index (χ4v) is 4.23. The van der Waals surface area contributed by atoms with Gasteiger partial charge in [-0.3, -0.25) is 19.7 Å². The number of nitro benzene ring substituents is 1. The molecule has 1 fully saturated rings. The van der Waals surface area contributed by atoms with Gasteiger partial charge in [0.1, 0.15) is 18.8 Å². The zero-order valence-corrected chi connectivity index (χ0v) is 21.4. The van der Waals surface area contributed by atoms with Crippen molar-refractivity contribution in [1.29, 1.82) is 0 Å². The van der Waals surface area contributed by atoms with E-state index >= 15 is 0 Å². The van der Waals surface area contributed by atoms with Crippen LogP contribution in [0.1, 0.15) is 16.7 Å². The summed E-state index contributed by atoms with van der Waals surface area (Å²) in [5.74, 6) is -1.02. The van der Waals surface area contributed by atoms with Crippen molar-refractivity contribution in [3.63, 3.8) is 0 Å². The van der Waals surface area contributed by atoms with Gasteiger partial charge in [0.25, 0.3) is 11.6 Å². The molecule has 0 atom stereocenters. The molecule has 0 saturated carbocycles. The molecule has 1 aliphatic rings. The maximum absolute atomic E-state index is 12.8. The number of carbonyl (C=O) groups is 3. The molecule has 10 nitrogen and oxygen atoms in total. The van der Waals surface area contributed by atoms with Crippen molar-refractivity contribution < 1.29 is 24.0 Å². The SMILES string of the molecule is Cc1cccc(NC(=O)CN2C(=O)N/C(=C/c3cc(Cl)c(OCc4ccc([N+](=O)[O-])cc4)c(Cl)c3)C2=O)c1. The lowest BCUT2D eigenvalue weighted by Crippen LogP contribution is -2.38. The number of aryl methyl sites for hydroxylation is 1. The first-order valence-electron chi connectivity index (χ1n) is 11.2. The molecule has 0 radical (unpaired) electrons. The van der Waals surface area contributed by atoms with Gasteiger partial charge < -0.3 is 15.4 Å². The van der Waals surface area contributed by atoms with Crippen molar-refractivity contribution >= 4 is 58.5 Å². The Morgan fingerprint density at radius 2 is 1.79 bits per heavy atom. The number of hydrogen-bond acceptors (Lipinski definition) is 6. The second-order valence-corrected chi connectivity index (χ2v) is 9.14. The van der Waals surface area contributed by atoms with Gasteiger partial charge in [-0.05, 0) is 66.1 Å². The average molecular weight is 555 g/mol. The molecule has 2 N–H and O–H groups in total. The topological polar surface area (TPSA) is 131 Å². The first kappa shape index (κ1) is 26.6. The molecule has 0 spiro atoms. The second kappa shape index (κ2) is 11.3. The Hall–Kier alpha value is -4.41. The van der Waals surface area contributed by atoms with E-state index in [0.717, 1.165) is 10.5 Å². The highest BCUT2D eigenvalue weighted by atomic mass is 35.5. The molecule has 1 saturated heterocycles. The van der Waals surface area contributed by atoms with Crippen molar-refractivity contribution in [2.24, 2.45) is 0 Å². The number of nitrogens with one attached hydrogen (secondary N) is 2. The first-order chi connectivity index (χ1) is 18.1. The number of nitro groups is 1. The number of urea groups is 1. The maximum Gasteiger partial charge on any atom is 0.329 e. The number of imide groups is 1. The largest absolute Gasteiger partial charge is 0.486 e. The zero-order valence-electron chi connectivity index (χ0n) is 19.9. The van der Waals surface area contributed by atoms with Crippen LogP contribution in [-0.4, -0.2) is 34.2 Å². The zero-order chi connectivity index (χ0) is 27.4. The second-order valence-electron chi connectivity index (χ2n) is 8.32. The molecule has 1 heterocycles. The van der Waals surface area contributed by atoms with Gasteiger partial charge in [0.05, 0.1) is 15.0 Å². The van der Waals surface area contributed by atoms with Gasteiger partial charge in [-0.25, -0.2) is 9.69 Å². The van der Waals surface area contributed by atoms with Gasteiger partial charge in [-0.2, -0.15) is 0 Å². The Morgan fingerprint density at radius 3 is 2.42 bits per heavy atom. The van der Waals surface area contributed by atoms with Crippen molar-refractivity contribution in [1.82, 2.24) is 10.2 Å². The number of nitrogens with zero attached hydrogens (tertiary/aromatic N) is 2. The van der Waals surface area contributed by atoms with Crippen molar-refractivity contribution in [3.8, 4) is 5.75 Å². The molecule has 0 unspecified atom stereocenters. The Morgan fingerprint density at radius 1 is 1.11 bits per heavy atom. The lowest BCUT2D eigenvalue weighted by Gasteiger charge is -2.12. The van der Waals surface area contributed by atoms with Gasteiger partial charge in [-0.15, -0.1) is 0 Å². The maximum atomic E-state index is 12.8. The van der Waals surface area contributed by atoms with Crippen LogP contribution in [0.3, 0.4) is 0 Å². The number of halogens is 2. The summed E-state index contributed by atoms with van der Waals surface area (Å²) in [5.41, 5.74) is 2.49. The van der Waals surface area contributed by atoms with Gasteiger partial charge in [0, 0.05) is 17.8 Å². The van der Waals surface area contributed by atoms with E-state index in [1.54, 1.807) is 30.3 Å². The van der Waals surface area contributed by atoms with Crippen LogP contribution in [0.5, 0.6) is 5.75 Å². The molecule has 3 aromatic carbocycles. The van der Waals surface area contributed by atoms with E-state index in [4.69, 9.17) is 27.9 Å². The van der Waals surface area contributed by atoms with Crippen molar-refractivity contribution in [3.05, 3.63) is 103 Å². The fourth-order valence-electron chi connectivity index (χ4n) is 3.62. The van der Waals surface area contributed by atoms with E-state index in [9.17, 15) is 24.5 Å². The van der Waals surface area contributed by atoms with E-state index in [2.05, 4.69) is 10.6 Å².